The summed E-state index contributed by atoms with van der Waals surface area (Å²) in [5, 5.41) is 15.0. The predicted molar refractivity (Wildman–Crippen MR) is 102 cm³/mol. The summed E-state index contributed by atoms with van der Waals surface area (Å²) in [6.07, 6.45) is 5.77. The summed E-state index contributed by atoms with van der Waals surface area (Å²) in [7, 11) is 1.96. The number of ether oxygens (including phenoxy) is 2. The first-order chi connectivity index (χ1) is 12.7. The number of hydrogen-bond donors (Lipinski definition) is 2. The summed E-state index contributed by atoms with van der Waals surface area (Å²) >= 11 is 0. The Kier molecular flexibility index (Phi) is 9.41. The fourth-order valence-corrected chi connectivity index (χ4v) is 2.66. The number of nitrogens with zero attached hydrogens (tertiary/aromatic N) is 4. The summed E-state index contributed by atoms with van der Waals surface area (Å²) in [4.78, 5) is 4.65. The summed E-state index contributed by atoms with van der Waals surface area (Å²) in [6, 6.07) is 0. The molecular formula is C18H34N6O2. The number of aromatic nitrogens is 3. The Balaban J connectivity index is 1.78. The van der Waals surface area contributed by atoms with Crippen LogP contribution in [-0.4, -0.2) is 59.7 Å². The van der Waals surface area contributed by atoms with Crippen LogP contribution in [0, 0.1) is 6.92 Å². The molecule has 1 saturated heterocycles. The molecule has 148 valence electrons. The van der Waals surface area contributed by atoms with Crippen LogP contribution in [0.2, 0.25) is 0 Å². The van der Waals surface area contributed by atoms with Gasteiger partial charge in [0.15, 0.2) is 11.8 Å². The van der Waals surface area contributed by atoms with Gasteiger partial charge in [-0.1, -0.05) is 13.3 Å². The van der Waals surface area contributed by atoms with Gasteiger partial charge < -0.3 is 24.7 Å². The van der Waals surface area contributed by atoms with E-state index in [2.05, 4.69) is 32.7 Å². The van der Waals surface area contributed by atoms with Gasteiger partial charge in [0.05, 0.1) is 6.10 Å². The minimum Gasteiger partial charge on any atom is -0.381 e. The van der Waals surface area contributed by atoms with Gasteiger partial charge in [-0.3, -0.25) is 0 Å². The van der Waals surface area contributed by atoms with Crippen LogP contribution < -0.4 is 10.6 Å². The standard InChI is InChI=1S/C18H34N6O2/c1-4-5-10-25-11-7-9-19-18(20-13-16-8-6-12-26-16)21-14-17-23-22-15(2)24(17)3/h16H,4-14H2,1-3H3,(H2,19,20,21). The number of unbranched alkanes of at least 4 members (excludes halogenated alkanes) is 1. The second-order valence-electron chi connectivity index (χ2n) is 6.65. The molecule has 0 bridgehead atoms. The molecule has 1 aliphatic rings. The molecule has 1 fully saturated rings. The van der Waals surface area contributed by atoms with Crippen LogP contribution in [0.4, 0.5) is 0 Å². The van der Waals surface area contributed by atoms with Crippen LogP contribution >= 0.6 is 0 Å². The highest BCUT2D eigenvalue weighted by molar-refractivity contribution is 5.79. The Hall–Kier alpha value is -1.67. The molecule has 2 heterocycles. The van der Waals surface area contributed by atoms with Crippen LogP contribution in [0.1, 0.15) is 50.7 Å². The summed E-state index contributed by atoms with van der Waals surface area (Å²) < 4.78 is 13.2. The van der Waals surface area contributed by atoms with Gasteiger partial charge in [0.1, 0.15) is 12.4 Å². The monoisotopic (exact) mass is 366 g/mol. The van der Waals surface area contributed by atoms with E-state index in [1.807, 2.05) is 18.5 Å². The Morgan fingerprint density at radius 2 is 2.15 bits per heavy atom. The average molecular weight is 367 g/mol. The van der Waals surface area contributed by atoms with E-state index < -0.39 is 0 Å². The molecule has 2 N–H and O–H groups in total. The SMILES string of the molecule is CCCCOCCCNC(=NCc1nnc(C)n1C)NCC1CCCO1. The van der Waals surface area contributed by atoms with Crippen molar-refractivity contribution >= 4 is 5.96 Å². The molecule has 2 rings (SSSR count). The highest BCUT2D eigenvalue weighted by Gasteiger charge is 2.15. The van der Waals surface area contributed by atoms with Gasteiger partial charge in [0.2, 0.25) is 0 Å². The lowest BCUT2D eigenvalue weighted by Crippen LogP contribution is -2.41. The van der Waals surface area contributed by atoms with Gasteiger partial charge in [-0.2, -0.15) is 0 Å². The van der Waals surface area contributed by atoms with Crippen molar-refractivity contribution in [2.75, 3.05) is 32.9 Å². The van der Waals surface area contributed by atoms with Crippen molar-refractivity contribution in [1.29, 1.82) is 0 Å². The first-order valence-electron chi connectivity index (χ1n) is 9.77. The van der Waals surface area contributed by atoms with Crippen molar-refractivity contribution in [2.24, 2.45) is 12.0 Å². The zero-order valence-electron chi connectivity index (χ0n) is 16.5. The minimum atomic E-state index is 0.274. The molecule has 1 aromatic heterocycles. The third-order valence-corrected chi connectivity index (χ3v) is 4.48. The smallest absolute Gasteiger partial charge is 0.191 e. The molecular weight excluding hydrogens is 332 g/mol. The zero-order chi connectivity index (χ0) is 18.6. The van der Waals surface area contributed by atoms with Gasteiger partial charge in [-0.25, -0.2) is 4.99 Å². The third-order valence-electron chi connectivity index (χ3n) is 4.48. The van der Waals surface area contributed by atoms with E-state index in [4.69, 9.17) is 9.47 Å². The lowest BCUT2D eigenvalue weighted by molar-refractivity contribution is 0.113. The van der Waals surface area contributed by atoms with Crippen molar-refractivity contribution in [3.63, 3.8) is 0 Å². The van der Waals surface area contributed by atoms with Gasteiger partial charge in [0.25, 0.3) is 0 Å². The van der Waals surface area contributed by atoms with E-state index in [1.54, 1.807) is 0 Å². The Bertz CT molecular complexity index is 540. The van der Waals surface area contributed by atoms with Crippen molar-refractivity contribution in [3.05, 3.63) is 11.6 Å². The van der Waals surface area contributed by atoms with E-state index >= 15 is 0 Å². The van der Waals surface area contributed by atoms with Gasteiger partial charge in [-0.15, -0.1) is 10.2 Å². The molecule has 0 saturated carbocycles. The quantitative estimate of drug-likeness (QED) is 0.351. The van der Waals surface area contributed by atoms with Crippen LogP contribution in [-0.2, 0) is 23.1 Å². The summed E-state index contributed by atoms with van der Waals surface area (Å²) in [5.74, 6) is 2.53. The van der Waals surface area contributed by atoms with Crippen LogP contribution in [0.3, 0.4) is 0 Å². The fourth-order valence-electron chi connectivity index (χ4n) is 2.66. The molecule has 8 heteroatoms. The molecule has 1 atom stereocenters. The van der Waals surface area contributed by atoms with Gasteiger partial charge in [0, 0.05) is 40.0 Å². The van der Waals surface area contributed by atoms with E-state index in [-0.39, 0.29) is 6.10 Å². The minimum absolute atomic E-state index is 0.274. The maximum absolute atomic E-state index is 5.68. The molecule has 8 nitrogen and oxygen atoms in total. The van der Waals surface area contributed by atoms with E-state index in [0.717, 1.165) is 76.2 Å². The molecule has 1 aromatic rings. The molecule has 1 aliphatic heterocycles. The molecule has 0 aliphatic carbocycles. The van der Waals surface area contributed by atoms with E-state index in [0.29, 0.717) is 6.54 Å². The molecule has 0 amide bonds. The van der Waals surface area contributed by atoms with Crippen molar-refractivity contribution in [1.82, 2.24) is 25.4 Å². The average Bonchev–Trinajstić information content (AvgIpc) is 3.27. The number of guanidine groups is 1. The van der Waals surface area contributed by atoms with Crippen LogP contribution in [0.25, 0.3) is 0 Å². The highest BCUT2D eigenvalue weighted by atomic mass is 16.5. The summed E-state index contributed by atoms with van der Waals surface area (Å²) in [5.41, 5.74) is 0. The summed E-state index contributed by atoms with van der Waals surface area (Å²) in [6.45, 7) is 8.68. The maximum atomic E-state index is 5.68. The third kappa shape index (κ3) is 7.29. The lowest BCUT2D eigenvalue weighted by atomic mass is 10.2. The Morgan fingerprint density at radius 1 is 1.31 bits per heavy atom. The zero-order valence-corrected chi connectivity index (χ0v) is 16.5. The number of aliphatic imine (C=N–C) groups is 1. The van der Waals surface area contributed by atoms with Crippen LogP contribution in [0.15, 0.2) is 4.99 Å². The van der Waals surface area contributed by atoms with Crippen LogP contribution in [0.5, 0.6) is 0 Å². The highest BCUT2D eigenvalue weighted by Crippen LogP contribution is 2.10. The van der Waals surface area contributed by atoms with E-state index in [9.17, 15) is 0 Å². The Labute approximate surface area is 156 Å². The number of rotatable bonds is 11. The normalized spacial score (nSPS) is 17.7. The van der Waals surface area contributed by atoms with Gasteiger partial charge >= 0.3 is 0 Å². The second-order valence-corrected chi connectivity index (χ2v) is 6.65. The fraction of sp³-hybridized carbons (Fsp3) is 0.833. The molecule has 26 heavy (non-hydrogen) atoms. The molecule has 1 unspecified atom stereocenters. The van der Waals surface area contributed by atoms with Gasteiger partial charge in [-0.05, 0) is 32.6 Å². The number of nitrogens with one attached hydrogen (secondary N) is 2. The van der Waals surface area contributed by atoms with Crippen molar-refractivity contribution in [2.45, 2.75) is 58.6 Å². The first kappa shape index (κ1) is 20.6. The number of hydrogen-bond acceptors (Lipinski definition) is 5. The van der Waals surface area contributed by atoms with Crippen molar-refractivity contribution < 1.29 is 9.47 Å². The molecule has 0 radical (unpaired) electrons. The predicted octanol–water partition coefficient (Wildman–Crippen LogP) is 1.54. The first-order valence-corrected chi connectivity index (χ1v) is 9.77. The number of aryl methyl sites for hydroxylation is 1. The Morgan fingerprint density at radius 3 is 2.85 bits per heavy atom. The molecule has 0 spiro atoms. The largest absolute Gasteiger partial charge is 0.381 e. The lowest BCUT2D eigenvalue weighted by Gasteiger charge is -2.15. The second kappa shape index (κ2) is 11.9. The van der Waals surface area contributed by atoms with E-state index in [1.165, 1.54) is 6.42 Å². The topological polar surface area (TPSA) is 85.6 Å². The molecule has 0 aromatic carbocycles. The maximum Gasteiger partial charge on any atom is 0.191 e. The van der Waals surface area contributed by atoms with Crippen molar-refractivity contribution in [3.8, 4) is 0 Å².